The van der Waals surface area contributed by atoms with Crippen LogP contribution in [-0.4, -0.2) is 24.6 Å². The quantitative estimate of drug-likeness (QED) is 0.747. The van der Waals surface area contributed by atoms with E-state index in [1.807, 2.05) is 18.2 Å². The van der Waals surface area contributed by atoms with Gasteiger partial charge >= 0.3 is 0 Å². The lowest BCUT2D eigenvalue weighted by Crippen LogP contribution is -2.37. The van der Waals surface area contributed by atoms with Crippen molar-refractivity contribution in [2.75, 3.05) is 0 Å². The molecule has 0 aliphatic heterocycles. The van der Waals surface area contributed by atoms with Crippen LogP contribution in [0.25, 0.3) is 10.9 Å². The number of aliphatic hydroxyl groups is 1. The SMILES string of the molecule is C[C@@H](NS(=O)(=O)c1ccc2ccccc2n1)[C@@H](O)c1ccccc1. The normalized spacial score (nSPS) is 14.4. The molecule has 0 spiro atoms. The van der Waals surface area contributed by atoms with Crippen LogP contribution >= 0.6 is 0 Å². The van der Waals surface area contributed by atoms with Crippen molar-refractivity contribution >= 4 is 20.9 Å². The number of hydrogen-bond donors (Lipinski definition) is 2. The van der Waals surface area contributed by atoms with Gasteiger partial charge in [0.2, 0.25) is 0 Å². The summed E-state index contributed by atoms with van der Waals surface area (Å²) in [7, 11) is -3.83. The number of nitrogens with zero attached hydrogens (tertiary/aromatic N) is 1. The minimum Gasteiger partial charge on any atom is -0.387 e. The number of fused-ring (bicyclic) bond motifs is 1. The summed E-state index contributed by atoms with van der Waals surface area (Å²) in [5.74, 6) is 0. The van der Waals surface area contributed by atoms with E-state index in [0.29, 0.717) is 11.1 Å². The standard InChI is InChI=1S/C18H18N2O3S/c1-13(18(21)15-8-3-2-4-9-15)20-24(22,23)17-12-11-14-7-5-6-10-16(14)19-17/h2-13,18,20-21H,1H3/t13-,18-/m1/s1. The maximum atomic E-state index is 12.5. The third kappa shape index (κ3) is 3.46. The molecule has 0 aliphatic carbocycles. The van der Waals surface area contributed by atoms with Crippen molar-refractivity contribution in [2.45, 2.75) is 24.1 Å². The summed E-state index contributed by atoms with van der Waals surface area (Å²) < 4.78 is 27.6. The summed E-state index contributed by atoms with van der Waals surface area (Å²) in [6, 6.07) is 18.7. The van der Waals surface area contributed by atoms with Gasteiger partial charge in [0.15, 0.2) is 5.03 Å². The van der Waals surface area contributed by atoms with Gasteiger partial charge in [0.1, 0.15) is 0 Å². The fourth-order valence-corrected chi connectivity index (χ4v) is 3.71. The lowest BCUT2D eigenvalue weighted by atomic mass is 10.0. The summed E-state index contributed by atoms with van der Waals surface area (Å²) >= 11 is 0. The first-order valence-electron chi connectivity index (χ1n) is 7.58. The Morgan fingerprint density at radius 2 is 1.62 bits per heavy atom. The molecule has 24 heavy (non-hydrogen) atoms. The van der Waals surface area contributed by atoms with Gasteiger partial charge in [0.25, 0.3) is 10.0 Å². The van der Waals surface area contributed by atoms with Gasteiger partial charge in [-0.25, -0.2) is 18.1 Å². The topological polar surface area (TPSA) is 79.3 Å². The van der Waals surface area contributed by atoms with Crippen molar-refractivity contribution in [2.24, 2.45) is 0 Å². The van der Waals surface area contributed by atoms with Gasteiger partial charge in [-0.1, -0.05) is 48.5 Å². The van der Waals surface area contributed by atoms with Crippen molar-refractivity contribution in [1.29, 1.82) is 0 Å². The zero-order valence-electron chi connectivity index (χ0n) is 13.1. The van der Waals surface area contributed by atoms with E-state index >= 15 is 0 Å². The van der Waals surface area contributed by atoms with Gasteiger partial charge in [-0.15, -0.1) is 0 Å². The average molecular weight is 342 g/mol. The van der Waals surface area contributed by atoms with Crippen LogP contribution in [0.2, 0.25) is 0 Å². The number of para-hydroxylation sites is 1. The first kappa shape index (κ1) is 16.6. The summed E-state index contributed by atoms with van der Waals surface area (Å²) in [6.45, 7) is 1.62. The van der Waals surface area contributed by atoms with Crippen LogP contribution < -0.4 is 4.72 Å². The highest BCUT2D eigenvalue weighted by Crippen LogP contribution is 2.19. The molecule has 0 bridgehead atoms. The second-order valence-corrected chi connectivity index (χ2v) is 7.27. The van der Waals surface area contributed by atoms with Crippen LogP contribution in [0.3, 0.4) is 0 Å². The Hall–Kier alpha value is -2.28. The molecule has 124 valence electrons. The largest absolute Gasteiger partial charge is 0.387 e. The predicted molar refractivity (Wildman–Crippen MR) is 92.9 cm³/mol. The number of aliphatic hydroxyl groups excluding tert-OH is 1. The molecule has 0 unspecified atom stereocenters. The molecule has 0 saturated heterocycles. The molecule has 3 rings (SSSR count). The Bertz CT molecular complexity index is 943. The van der Waals surface area contributed by atoms with Crippen LogP contribution in [0, 0.1) is 0 Å². The molecule has 3 aromatic rings. The van der Waals surface area contributed by atoms with Crippen molar-refractivity contribution in [3.05, 3.63) is 72.3 Å². The number of benzene rings is 2. The molecule has 2 atom stereocenters. The zero-order chi connectivity index (χ0) is 17.2. The van der Waals surface area contributed by atoms with Crippen molar-refractivity contribution < 1.29 is 13.5 Å². The van der Waals surface area contributed by atoms with Gasteiger partial charge in [-0.3, -0.25) is 0 Å². The molecular weight excluding hydrogens is 324 g/mol. The van der Waals surface area contributed by atoms with Gasteiger partial charge in [-0.2, -0.15) is 0 Å². The Labute approximate surface area is 141 Å². The Morgan fingerprint density at radius 1 is 0.958 bits per heavy atom. The van der Waals surface area contributed by atoms with Gasteiger partial charge in [0, 0.05) is 11.4 Å². The van der Waals surface area contributed by atoms with Crippen molar-refractivity contribution in [1.82, 2.24) is 9.71 Å². The lowest BCUT2D eigenvalue weighted by molar-refractivity contribution is 0.146. The van der Waals surface area contributed by atoms with Gasteiger partial charge in [0.05, 0.1) is 11.6 Å². The number of rotatable bonds is 5. The highest BCUT2D eigenvalue weighted by Gasteiger charge is 2.24. The second-order valence-electron chi connectivity index (χ2n) is 5.61. The highest BCUT2D eigenvalue weighted by atomic mass is 32.2. The first-order valence-corrected chi connectivity index (χ1v) is 9.07. The van der Waals surface area contributed by atoms with E-state index in [1.54, 1.807) is 49.4 Å². The molecule has 5 nitrogen and oxygen atoms in total. The minimum atomic E-state index is -3.83. The van der Waals surface area contributed by atoms with Crippen LogP contribution in [0.5, 0.6) is 0 Å². The van der Waals surface area contributed by atoms with E-state index < -0.39 is 22.2 Å². The molecule has 2 aromatic carbocycles. The number of nitrogens with one attached hydrogen (secondary N) is 1. The van der Waals surface area contributed by atoms with Crippen molar-refractivity contribution in [3.63, 3.8) is 0 Å². The number of pyridine rings is 1. The van der Waals surface area contributed by atoms with E-state index in [0.717, 1.165) is 5.39 Å². The number of hydrogen-bond acceptors (Lipinski definition) is 4. The lowest BCUT2D eigenvalue weighted by Gasteiger charge is -2.20. The van der Waals surface area contributed by atoms with Crippen LogP contribution in [-0.2, 0) is 10.0 Å². The molecule has 0 fully saturated rings. The van der Waals surface area contributed by atoms with Crippen LogP contribution in [0.1, 0.15) is 18.6 Å². The number of sulfonamides is 1. The van der Waals surface area contributed by atoms with Crippen LogP contribution in [0.4, 0.5) is 0 Å². The van der Waals surface area contributed by atoms with Crippen LogP contribution in [0.15, 0.2) is 71.8 Å². The minimum absolute atomic E-state index is 0.0617. The smallest absolute Gasteiger partial charge is 0.258 e. The summed E-state index contributed by atoms with van der Waals surface area (Å²) in [5, 5.41) is 11.1. The third-order valence-electron chi connectivity index (χ3n) is 3.80. The monoisotopic (exact) mass is 342 g/mol. The Morgan fingerprint density at radius 3 is 2.38 bits per heavy atom. The highest BCUT2D eigenvalue weighted by molar-refractivity contribution is 7.89. The van der Waals surface area contributed by atoms with E-state index in [1.165, 1.54) is 6.07 Å². The Kier molecular flexibility index (Phi) is 4.62. The molecule has 0 amide bonds. The zero-order valence-corrected chi connectivity index (χ0v) is 13.9. The van der Waals surface area contributed by atoms with E-state index in [-0.39, 0.29) is 5.03 Å². The summed E-state index contributed by atoms with van der Waals surface area (Å²) in [6.07, 6.45) is -0.943. The summed E-state index contributed by atoms with van der Waals surface area (Å²) in [4.78, 5) is 4.20. The molecule has 0 saturated carbocycles. The molecule has 0 aliphatic rings. The second kappa shape index (κ2) is 6.68. The number of aromatic nitrogens is 1. The van der Waals surface area contributed by atoms with Gasteiger partial charge < -0.3 is 5.11 Å². The maximum Gasteiger partial charge on any atom is 0.258 e. The Balaban J connectivity index is 1.84. The molecule has 0 radical (unpaired) electrons. The summed E-state index contributed by atoms with van der Waals surface area (Å²) in [5.41, 5.74) is 1.26. The fraction of sp³-hybridized carbons (Fsp3) is 0.167. The molecule has 1 aromatic heterocycles. The molecule has 6 heteroatoms. The molecule has 2 N–H and O–H groups in total. The average Bonchev–Trinajstić information content (AvgIpc) is 2.61. The van der Waals surface area contributed by atoms with E-state index in [2.05, 4.69) is 9.71 Å². The van der Waals surface area contributed by atoms with Crippen molar-refractivity contribution in [3.8, 4) is 0 Å². The van der Waals surface area contributed by atoms with Gasteiger partial charge in [-0.05, 0) is 30.7 Å². The molecule has 1 heterocycles. The fourth-order valence-electron chi connectivity index (χ4n) is 2.51. The first-order chi connectivity index (χ1) is 11.5. The maximum absolute atomic E-state index is 12.5. The van der Waals surface area contributed by atoms with E-state index in [9.17, 15) is 13.5 Å². The predicted octanol–water partition coefficient (Wildman–Crippen LogP) is 2.64. The third-order valence-corrected chi connectivity index (χ3v) is 5.26. The molecular formula is C18H18N2O3S. The van der Waals surface area contributed by atoms with E-state index in [4.69, 9.17) is 0 Å².